The molecule has 0 bridgehead atoms. The third-order valence-corrected chi connectivity index (χ3v) is 4.19. The Morgan fingerprint density at radius 1 is 1.38 bits per heavy atom. The summed E-state index contributed by atoms with van der Waals surface area (Å²) in [5.41, 5.74) is 0. The molecule has 0 aromatic heterocycles. The summed E-state index contributed by atoms with van der Waals surface area (Å²) in [5, 5.41) is 0. The van der Waals surface area contributed by atoms with E-state index in [0.29, 0.717) is 5.75 Å². The fourth-order valence-corrected chi connectivity index (χ4v) is 3.12. The van der Waals surface area contributed by atoms with E-state index in [1.54, 1.807) is 18.2 Å². The maximum atomic E-state index is 13.4. The van der Waals surface area contributed by atoms with Crippen LogP contribution in [0, 0.1) is 5.82 Å². The van der Waals surface area contributed by atoms with E-state index < -0.39 is 16.6 Å². The zero-order valence-electron chi connectivity index (χ0n) is 9.02. The highest BCUT2D eigenvalue weighted by atomic mass is 32.2. The van der Waals surface area contributed by atoms with E-state index in [0.717, 1.165) is 25.9 Å². The summed E-state index contributed by atoms with van der Waals surface area (Å²) in [7, 11) is -1.29. The molecule has 1 saturated heterocycles. The molecule has 1 aliphatic heterocycles. The fraction of sp³-hybridized carbons (Fsp3) is 0.500. The molecule has 2 atom stereocenters. The average Bonchev–Trinajstić information content (AvgIpc) is 2.31. The SMILES string of the molecule is O=S(CC1CCCCO1)c1ccccc1F. The lowest BCUT2D eigenvalue weighted by Gasteiger charge is -2.22. The molecule has 88 valence electrons. The van der Waals surface area contributed by atoms with Gasteiger partial charge in [0.1, 0.15) is 5.82 Å². The van der Waals surface area contributed by atoms with Gasteiger partial charge in [-0.1, -0.05) is 12.1 Å². The first-order chi connectivity index (χ1) is 7.77. The van der Waals surface area contributed by atoms with E-state index in [4.69, 9.17) is 4.74 Å². The smallest absolute Gasteiger partial charge is 0.139 e. The molecule has 2 nitrogen and oxygen atoms in total. The second kappa shape index (κ2) is 5.55. The Labute approximate surface area is 97.3 Å². The molecule has 0 amide bonds. The first-order valence-electron chi connectivity index (χ1n) is 5.52. The maximum absolute atomic E-state index is 13.4. The Morgan fingerprint density at radius 2 is 2.19 bits per heavy atom. The summed E-state index contributed by atoms with van der Waals surface area (Å²) in [4.78, 5) is 0.289. The van der Waals surface area contributed by atoms with Crippen molar-refractivity contribution >= 4 is 10.8 Å². The minimum Gasteiger partial charge on any atom is -0.377 e. The van der Waals surface area contributed by atoms with Crippen LogP contribution in [0.25, 0.3) is 0 Å². The molecule has 0 spiro atoms. The molecule has 2 rings (SSSR count). The summed E-state index contributed by atoms with van der Waals surface area (Å²) >= 11 is 0. The van der Waals surface area contributed by atoms with Gasteiger partial charge in [-0.3, -0.25) is 4.21 Å². The molecule has 0 saturated carbocycles. The van der Waals surface area contributed by atoms with Crippen LogP contribution in [-0.2, 0) is 15.5 Å². The van der Waals surface area contributed by atoms with Crippen LogP contribution in [0.4, 0.5) is 4.39 Å². The van der Waals surface area contributed by atoms with Crippen molar-refractivity contribution in [3.63, 3.8) is 0 Å². The van der Waals surface area contributed by atoms with E-state index in [-0.39, 0.29) is 11.0 Å². The van der Waals surface area contributed by atoms with Crippen LogP contribution in [0.15, 0.2) is 29.2 Å². The largest absolute Gasteiger partial charge is 0.377 e. The molecule has 1 fully saturated rings. The lowest BCUT2D eigenvalue weighted by Crippen LogP contribution is -2.25. The quantitative estimate of drug-likeness (QED) is 0.814. The van der Waals surface area contributed by atoms with Crippen molar-refractivity contribution in [2.75, 3.05) is 12.4 Å². The molecule has 0 N–H and O–H groups in total. The minimum absolute atomic E-state index is 0.0224. The predicted molar refractivity (Wildman–Crippen MR) is 61.3 cm³/mol. The molecule has 16 heavy (non-hydrogen) atoms. The van der Waals surface area contributed by atoms with Crippen LogP contribution < -0.4 is 0 Å². The van der Waals surface area contributed by atoms with Crippen LogP contribution in [0.5, 0.6) is 0 Å². The summed E-state index contributed by atoms with van der Waals surface area (Å²) in [6.45, 7) is 0.735. The molecular weight excluding hydrogens is 227 g/mol. The van der Waals surface area contributed by atoms with Crippen molar-refractivity contribution in [2.45, 2.75) is 30.3 Å². The van der Waals surface area contributed by atoms with E-state index in [9.17, 15) is 8.60 Å². The highest BCUT2D eigenvalue weighted by Gasteiger charge is 2.19. The van der Waals surface area contributed by atoms with Gasteiger partial charge in [0.2, 0.25) is 0 Å². The van der Waals surface area contributed by atoms with Gasteiger partial charge in [-0.2, -0.15) is 0 Å². The molecular formula is C12H15FO2S. The van der Waals surface area contributed by atoms with Gasteiger partial charge in [0, 0.05) is 6.61 Å². The van der Waals surface area contributed by atoms with Crippen LogP contribution >= 0.6 is 0 Å². The van der Waals surface area contributed by atoms with Crippen LogP contribution in [0.1, 0.15) is 19.3 Å². The molecule has 1 aliphatic rings. The molecule has 1 heterocycles. The summed E-state index contributed by atoms with van der Waals surface area (Å²) < 4.78 is 30.8. The zero-order chi connectivity index (χ0) is 11.4. The monoisotopic (exact) mass is 242 g/mol. The Balaban J connectivity index is 2.00. The van der Waals surface area contributed by atoms with Crippen molar-refractivity contribution in [1.82, 2.24) is 0 Å². The van der Waals surface area contributed by atoms with E-state index in [1.165, 1.54) is 6.07 Å². The van der Waals surface area contributed by atoms with Gasteiger partial charge >= 0.3 is 0 Å². The molecule has 0 aliphatic carbocycles. The minimum atomic E-state index is -1.29. The molecule has 0 radical (unpaired) electrons. The third kappa shape index (κ3) is 2.89. The zero-order valence-corrected chi connectivity index (χ0v) is 9.84. The van der Waals surface area contributed by atoms with Gasteiger partial charge in [-0.15, -0.1) is 0 Å². The topological polar surface area (TPSA) is 26.3 Å². The van der Waals surface area contributed by atoms with Crippen molar-refractivity contribution in [1.29, 1.82) is 0 Å². The highest BCUT2D eigenvalue weighted by Crippen LogP contribution is 2.18. The Morgan fingerprint density at radius 3 is 2.88 bits per heavy atom. The van der Waals surface area contributed by atoms with E-state index in [2.05, 4.69) is 0 Å². The second-order valence-corrected chi connectivity index (χ2v) is 5.40. The van der Waals surface area contributed by atoms with Gasteiger partial charge in [0.15, 0.2) is 0 Å². The average molecular weight is 242 g/mol. The van der Waals surface area contributed by atoms with Gasteiger partial charge in [-0.05, 0) is 31.4 Å². The number of hydrogen-bond donors (Lipinski definition) is 0. The number of benzene rings is 1. The molecule has 1 aromatic carbocycles. The van der Waals surface area contributed by atoms with E-state index in [1.807, 2.05) is 0 Å². The number of rotatable bonds is 3. The normalized spacial score (nSPS) is 22.9. The number of hydrogen-bond acceptors (Lipinski definition) is 2. The summed E-state index contributed by atoms with van der Waals surface area (Å²) in [6.07, 6.45) is 3.14. The Kier molecular flexibility index (Phi) is 4.07. The maximum Gasteiger partial charge on any atom is 0.139 e. The van der Waals surface area contributed by atoms with Crippen LogP contribution in [0.3, 0.4) is 0 Å². The highest BCUT2D eigenvalue weighted by molar-refractivity contribution is 7.85. The second-order valence-electron chi connectivity index (χ2n) is 3.93. The third-order valence-electron chi connectivity index (χ3n) is 2.69. The van der Waals surface area contributed by atoms with E-state index >= 15 is 0 Å². The number of ether oxygens (including phenoxy) is 1. The molecule has 2 unspecified atom stereocenters. The first-order valence-corrected chi connectivity index (χ1v) is 6.84. The summed E-state index contributed by atoms with van der Waals surface area (Å²) in [6, 6.07) is 6.23. The van der Waals surface area contributed by atoms with Crippen molar-refractivity contribution < 1.29 is 13.3 Å². The van der Waals surface area contributed by atoms with Gasteiger partial charge in [0.25, 0.3) is 0 Å². The lowest BCUT2D eigenvalue weighted by atomic mass is 10.1. The lowest BCUT2D eigenvalue weighted by molar-refractivity contribution is 0.0310. The fourth-order valence-electron chi connectivity index (χ4n) is 1.83. The van der Waals surface area contributed by atoms with Gasteiger partial charge < -0.3 is 4.74 Å². The predicted octanol–water partition coefficient (Wildman–Crippen LogP) is 2.50. The molecule has 1 aromatic rings. The standard InChI is InChI=1S/C12H15FO2S/c13-11-6-1-2-7-12(11)16(14)9-10-5-3-4-8-15-10/h1-2,6-7,10H,3-5,8-9H2. The van der Waals surface area contributed by atoms with Gasteiger partial charge in [0.05, 0.1) is 27.6 Å². The number of halogens is 1. The van der Waals surface area contributed by atoms with Crippen molar-refractivity contribution in [3.8, 4) is 0 Å². The summed E-state index contributed by atoms with van der Waals surface area (Å²) in [5.74, 6) is 0.0117. The first kappa shape index (κ1) is 11.7. The van der Waals surface area contributed by atoms with Crippen LogP contribution in [-0.4, -0.2) is 22.7 Å². The Bertz CT molecular complexity index is 375. The van der Waals surface area contributed by atoms with Crippen molar-refractivity contribution in [2.24, 2.45) is 0 Å². The Hall–Kier alpha value is -0.740. The van der Waals surface area contributed by atoms with Crippen LogP contribution in [0.2, 0.25) is 0 Å². The van der Waals surface area contributed by atoms with Gasteiger partial charge in [-0.25, -0.2) is 4.39 Å². The molecule has 4 heteroatoms. The van der Waals surface area contributed by atoms with Crippen molar-refractivity contribution in [3.05, 3.63) is 30.1 Å².